The summed E-state index contributed by atoms with van der Waals surface area (Å²) in [5, 5.41) is 6.53. The van der Waals surface area contributed by atoms with Crippen LogP contribution in [0.2, 0.25) is 0 Å². The molecule has 2 aromatic rings. The predicted molar refractivity (Wildman–Crippen MR) is 84.3 cm³/mol. The Morgan fingerprint density at radius 3 is 3.00 bits per heavy atom. The summed E-state index contributed by atoms with van der Waals surface area (Å²) in [4.78, 5) is 16.5. The van der Waals surface area contributed by atoms with Crippen molar-refractivity contribution in [2.24, 2.45) is 0 Å². The highest BCUT2D eigenvalue weighted by Gasteiger charge is 2.40. The molecule has 1 aromatic heterocycles. The number of fused-ring (bicyclic) bond motifs is 2. The molecule has 3 atom stereocenters. The minimum Gasteiger partial charge on any atom is -0.496 e. The molecule has 2 bridgehead atoms. The number of ether oxygens (including phenoxy) is 1. The van der Waals surface area contributed by atoms with Gasteiger partial charge in [-0.3, -0.25) is 4.79 Å². The second kappa shape index (κ2) is 5.70. The Balaban J connectivity index is 1.50. The number of para-hydroxylation sites is 1. The lowest BCUT2D eigenvalue weighted by molar-refractivity contribution is 0.0896. The van der Waals surface area contributed by atoms with E-state index in [1.54, 1.807) is 13.3 Å². The topological polar surface area (TPSA) is 76.4 Å². The van der Waals surface area contributed by atoms with Crippen LogP contribution >= 0.6 is 0 Å². The summed E-state index contributed by atoms with van der Waals surface area (Å²) in [5.41, 5.74) is 0.781. The molecule has 0 aliphatic carbocycles. The number of nitrogens with one attached hydrogen (secondary N) is 2. The number of methoxy groups -OCH3 is 1. The molecule has 2 aliphatic heterocycles. The molecule has 3 heterocycles. The Bertz CT molecular complexity index is 727. The highest BCUT2D eigenvalue weighted by Crippen LogP contribution is 2.31. The number of aromatic nitrogens is 1. The van der Waals surface area contributed by atoms with Gasteiger partial charge in [0.15, 0.2) is 5.76 Å². The number of hydrogen-bond donors (Lipinski definition) is 2. The van der Waals surface area contributed by atoms with Gasteiger partial charge in [-0.1, -0.05) is 12.1 Å². The Labute approximate surface area is 134 Å². The standard InChI is InChI=1S/C17H19N3O3/c1-22-14-5-3-2-4-11(14)15-9-18-17(23-15)16(21)20-13-8-10-6-7-12(13)19-10/h2-5,9-10,12-13,19H,6-8H2,1H3,(H,20,21). The van der Waals surface area contributed by atoms with E-state index >= 15 is 0 Å². The van der Waals surface area contributed by atoms with Crippen LogP contribution in [0.25, 0.3) is 11.3 Å². The first kappa shape index (κ1) is 14.3. The molecule has 3 unspecified atom stereocenters. The van der Waals surface area contributed by atoms with E-state index in [0.717, 1.165) is 18.4 Å². The highest BCUT2D eigenvalue weighted by molar-refractivity contribution is 5.90. The molecule has 0 saturated carbocycles. The van der Waals surface area contributed by atoms with Gasteiger partial charge in [0, 0.05) is 18.1 Å². The summed E-state index contributed by atoms with van der Waals surface area (Å²) in [6.07, 6.45) is 4.87. The Hall–Kier alpha value is -2.34. The van der Waals surface area contributed by atoms with E-state index in [4.69, 9.17) is 9.15 Å². The molecule has 6 heteroatoms. The van der Waals surface area contributed by atoms with Crippen molar-refractivity contribution in [3.63, 3.8) is 0 Å². The van der Waals surface area contributed by atoms with Crippen LogP contribution in [0, 0.1) is 0 Å². The van der Waals surface area contributed by atoms with Crippen LogP contribution in [0.4, 0.5) is 0 Å². The molecular formula is C17H19N3O3. The van der Waals surface area contributed by atoms with Crippen LogP contribution in [0.15, 0.2) is 34.9 Å². The van der Waals surface area contributed by atoms with Gasteiger partial charge in [0.1, 0.15) is 5.75 Å². The number of carbonyl (C=O) groups excluding carboxylic acids is 1. The van der Waals surface area contributed by atoms with Gasteiger partial charge in [0.25, 0.3) is 5.89 Å². The van der Waals surface area contributed by atoms with Crippen LogP contribution < -0.4 is 15.4 Å². The number of amides is 1. The summed E-state index contributed by atoms with van der Waals surface area (Å²) in [6.45, 7) is 0. The maximum absolute atomic E-state index is 12.3. The third kappa shape index (κ3) is 2.59. The van der Waals surface area contributed by atoms with Crippen molar-refractivity contribution in [3.05, 3.63) is 36.4 Å². The molecule has 2 N–H and O–H groups in total. The fraction of sp³-hybridized carbons (Fsp3) is 0.412. The third-order valence-corrected chi connectivity index (χ3v) is 4.69. The van der Waals surface area contributed by atoms with Gasteiger partial charge in [-0.2, -0.15) is 0 Å². The predicted octanol–water partition coefficient (Wildman–Crippen LogP) is 1.97. The van der Waals surface area contributed by atoms with Crippen molar-refractivity contribution in [1.29, 1.82) is 0 Å². The summed E-state index contributed by atoms with van der Waals surface area (Å²) >= 11 is 0. The van der Waals surface area contributed by atoms with Crippen molar-refractivity contribution in [1.82, 2.24) is 15.6 Å². The number of benzene rings is 1. The van der Waals surface area contributed by atoms with Gasteiger partial charge in [-0.15, -0.1) is 0 Å². The minimum absolute atomic E-state index is 0.0914. The van der Waals surface area contributed by atoms with Gasteiger partial charge in [0.2, 0.25) is 0 Å². The van der Waals surface area contributed by atoms with Gasteiger partial charge in [-0.05, 0) is 31.4 Å². The number of hydrogen-bond acceptors (Lipinski definition) is 5. The van der Waals surface area contributed by atoms with Crippen molar-refractivity contribution in [2.75, 3.05) is 7.11 Å². The quantitative estimate of drug-likeness (QED) is 0.902. The molecule has 6 nitrogen and oxygen atoms in total. The summed E-state index contributed by atoms with van der Waals surface area (Å²) in [6, 6.07) is 8.59. The van der Waals surface area contributed by atoms with Gasteiger partial charge in [0.05, 0.1) is 18.9 Å². The van der Waals surface area contributed by atoms with E-state index < -0.39 is 0 Å². The lowest BCUT2D eigenvalue weighted by Gasteiger charge is -2.20. The monoisotopic (exact) mass is 313 g/mol. The number of carbonyl (C=O) groups is 1. The molecule has 0 radical (unpaired) electrons. The van der Waals surface area contributed by atoms with E-state index in [-0.39, 0.29) is 17.8 Å². The molecule has 120 valence electrons. The smallest absolute Gasteiger partial charge is 0.307 e. The molecule has 1 amide bonds. The number of nitrogens with zero attached hydrogens (tertiary/aromatic N) is 1. The van der Waals surface area contributed by atoms with E-state index in [2.05, 4.69) is 15.6 Å². The Kier molecular flexibility index (Phi) is 3.53. The summed E-state index contributed by atoms with van der Waals surface area (Å²) in [5.74, 6) is 1.05. The first-order valence-corrected chi connectivity index (χ1v) is 7.90. The van der Waals surface area contributed by atoms with E-state index in [1.165, 1.54) is 6.42 Å². The van der Waals surface area contributed by atoms with Crippen molar-refractivity contribution in [3.8, 4) is 17.1 Å². The second-order valence-electron chi connectivity index (χ2n) is 6.09. The van der Waals surface area contributed by atoms with Crippen molar-refractivity contribution < 1.29 is 13.9 Å². The minimum atomic E-state index is -0.259. The second-order valence-corrected chi connectivity index (χ2v) is 6.09. The molecule has 2 saturated heterocycles. The van der Waals surface area contributed by atoms with Crippen LogP contribution in [0.1, 0.15) is 29.9 Å². The first-order chi connectivity index (χ1) is 11.2. The summed E-state index contributed by atoms with van der Waals surface area (Å²) < 4.78 is 11.0. The van der Waals surface area contributed by atoms with Gasteiger partial charge >= 0.3 is 5.91 Å². The lowest BCUT2D eigenvalue weighted by Crippen LogP contribution is -2.43. The lowest BCUT2D eigenvalue weighted by atomic mass is 9.95. The Morgan fingerprint density at radius 2 is 2.26 bits per heavy atom. The zero-order valence-electron chi connectivity index (χ0n) is 12.9. The van der Waals surface area contributed by atoms with E-state index in [9.17, 15) is 4.79 Å². The van der Waals surface area contributed by atoms with Crippen LogP contribution in [0.5, 0.6) is 5.75 Å². The fourth-order valence-corrected chi connectivity index (χ4v) is 3.57. The normalized spacial score (nSPS) is 25.5. The average molecular weight is 313 g/mol. The van der Waals surface area contributed by atoms with E-state index in [1.807, 2.05) is 24.3 Å². The molecule has 23 heavy (non-hydrogen) atoms. The highest BCUT2D eigenvalue weighted by atomic mass is 16.5. The number of rotatable bonds is 4. The first-order valence-electron chi connectivity index (χ1n) is 7.90. The molecule has 1 aromatic carbocycles. The van der Waals surface area contributed by atoms with Crippen molar-refractivity contribution >= 4 is 5.91 Å². The van der Waals surface area contributed by atoms with Gasteiger partial charge < -0.3 is 19.8 Å². The van der Waals surface area contributed by atoms with Crippen LogP contribution in [0.3, 0.4) is 0 Å². The number of oxazole rings is 1. The Morgan fingerprint density at radius 1 is 1.39 bits per heavy atom. The molecule has 2 aliphatic rings. The zero-order valence-corrected chi connectivity index (χ0v) is 12.9. The molecule has 0 spiro atoms. The fourth-order valence-electron chi connectivity index (χ4n) is 3.57. The zero-order chi connectivity index (χ0) is 15.8. The van der Waals surface area contributed by atoms with Crippen LogP contribution in [-0.4, -0.2) is 36.1 Å². The van der Waals surface area contributed by atoms with Crippen LogP contribution in [-0.2, 0) is 0 Å². The summed E-state index contributed by atoms with van der Waals surface area (Å²) in [7, 11) is 1.60. The van der Waals surface area contributed by atoms with Crippen molar-refractivity contribution in [2.45, 2.75) is 37.4 Å². The SMILES string of the molecule is COc1ccccc1-c1cnc(C(=O)NC2CC3CCC2N3)o1. The molecular weight excluding hydrogens is 294 g/mol. The average Bonchev–Trinajstić information content (AvgIpc) is 3.31. The molecule has 2 fully saturated rings. The van der Waals surface area contributed by atoms with Gasteiger partial charge in [-0.25, -0.2) is 4.98 Å². The maximum atomic E-state index is 12.3. The largest absolute Gasteiger partial charge is 0.496 e. The maximum Gasteiger partial charge on any atom is 0.307 e. The third-order valence-electron chi connectivity index (χ3n) is 4.69. The van der Waals surface area contributed by atoms with E-state index in [0.29, 0.717) is 23.6 Å². The molecule has 4 rings (SSSR count).